The van der Waals surface area contributed by atoms with Crippen LogP contribution >= 0.6 is 0 Å². The summed E-state index contributed by atoms with van der Waals surface area (Å²) in [6, 6.07) is -0.268. The number of nitrogens with zero attached hydrogens (tertiary/aromatic N) is 1. The van der Waals surface area contributed by atoms with E-state index in [1.807, 2.05) is 13.8 Å². The molecule has 3 atom stereocenters. The minimum atomic E-state index is -0.648. The third-order valence-electron chi connectivity index (χ3n) is 4.03. The monoisotopic (exact) mass is 211 g/mol. The average molecular weight is 211 g/mol. The van der Waals surface area contributed by atoms with Gasteiger partial charge in [0.05, 0.1) is 0 Å². The zero-order valence-electron chi connectivity index (χ0n) is 9.65. The van der Waals surface area contributed by atoms with Crippen LogP contribution in [0, 0.1) is 17.8 Å². The highest BCUT2D eigenvalue weighted by Crippen LogP contribution is 2.39. The quantitative estimate of drug-likeness (QED) is 0.774. The molecule has 15 heavy (non-hydrogen) atoms. The van der Waals surface area contributed by atoms with E-state index in [0.29, 0.717) is 0 Å². The van der Waals surface area contributed by atoms with Crippen molar-refractivity contribution in [2.45, 2.75) is 39.2 Å². The third-order valence-corrected chi connectivity index (χ3v) is 4.03. The van der Waals surface area contributed by atoms with Crippen molar-refractivity contribution in [1.82, 2.24) is 4.90 Å². The number of hydrogen-bond acceptors (Lipinski definition) is 2. The summed E-state index contributed by atoms with van der Waals surface area (Å²) in [5, 5.41) is 9.23. The number of carboxylic acid groups (broad SMARTS) is 1. The van der Waals surface area contributed by atoms with Crippen LogP contribution in [0.25, 0.3) is 0 Å². The van der Waals surface area contributed by atoms with Gasteiger partial charge in [0.1, 0.15) is 6.04 Å². The third kappa shape index (κ3) is 2.03. The molecule has 1 saturated carbocycles. The second kappa shape index (κ2) is 4.12. The van der Waals surface area contributed by atoms with Gasteiger partial charge in [0.15, 0.2) is 0 Å². The Balaban J connectivity index is 2.02. The van der Waals surface area contributed by atoms with Gasteiger partial charge in [0, 0.05) is 13.1 Å². The smallest absolute Gasteiger partial charge is 0.321 e. The number of aliphatic carboxylic acids is 1. The molecule has 1 aliphatic heterocycles. The second-order valence-corrected chi connectivity index (χ2v) is 5.43. The number of hydrogen-bond donors (Lipinski definition) is 1. The Morgan fingerprint density at radius 3 is 2.20 bits per heavy atom. The van der Waals surface area contributed by atoms with Crippen LogP contribution in [0.15, 0.2) is 0 Å². The van der Waals surface area contributed by atoms with Crippen LogP contribution in [0.5, 0.6) is 0 Å². The van der Waals surface area contributed by atoms with Crippen molar-refractivity contribution in [3.8, 4) is 0 Å². The Morgan fingerprint density at radius 2 is 1.80 bits per heavy atom. The van der Waals surface area contributed by atoms with Crippen LogP contribution in [0.3, 0.4) is 0 Å². The molecule has 1 aliphatic carbocycles. The molecule has 0 spiro atoms. The maximum atomic E-state index is 11.2. The first-order chi connectivity index (χ1) is 7.09. The zero-order valence-corrected chi connectivity index (χ0v) is 9.65. The average Bonchev–Trinajstić information content (AvgIpc) is 2.61. The highest BCUT2D eigenvalue weighted by atomic mass is 16.4. The lowest BCUT2D eigenvalue weighted by molar-refractivity contribution is -0.144. The van der Waals surface area contributed by atoms with E-state index in [2.05, 4.69) is 4.90 Å². The summed E-state index contributed by atoms with van der Waals surface area (Å²) in [6.07, 6.45) is 3.97. The minimum absolute atomic E-state index is 0.210. The maximum Gasteiger partial charge on any atom is 0.321 e. The summed E-state index contributed by atoms with van der Waals surface area (Å²) in [4.78, 5) is 13.4. The number of fused-ring (bicyclic) bond motifs is 1. The summed E-state index contributed by atoms with van der Waals surface area (Å²) in [7, 11) is 0. The molecule has 1 heterocycles. The predicted octanol–water partition coefficient (Wildman–Crippen LogP) is 1.83. The molecule has 1 N–H and O–H groups in total. The van der Waals surface area contributed by atoms with Gasteiger partial charge < -0.3 is 5.11 Å². The van der Waals surface area contributed by atoms with Crippen molar-refractivity contribution in [2.75, 3.05) is 13.1 Å². The lowest BCUT2D eigenvalue weighted by Crippen LogP contribution is -2.43. The van der Waals surface area contributed by atoms with Crippen molar-refractivity contribution in [2.24, 2.45) is 17.8 Å². The topological polar surface area (TPSA) is 40.5 Å². The summed E-state index contributed by atoms with van der Waals surface area (Å²) in [5.74, 6) is 1.13. The van der Waals surface area contributed by atoms with Gasteiger partial charge in [-0.05, 0) is 30.6 Å². The van der Waals surface area contributed by atoms with Gasteiger partial charge in [-0.2, -0.15) is 0 Å². The molecule has 0 aromatic carbocycles. The number of likely N-dealkylation sites (tertiary alicyclic amines) is 1. The Bertz CT molecular complexity index is 240. The molecule has 0 amide bonds. The van der Waals surface area contributed by atoms with Crippen molar-refractivity contribution in [3.05, 3.63) is 0 Å². The summed E-state index contributed by atoms with van der Waals surface area (Å²) >= 11 is 0. The first-order valence-electron chi connectivity index (χ1n) is 6.06. The van der Waals surface area contributed by atoms with Crippen molar-refractivity contribution < 1.29 is 9.90 Å². The number of rotatable bonds is 3. The summed E-state index contributed by atoms with van der Waals surface area (Å²) in [6.45, 7) is 6.04. The first kappa shape index (κ1) is 10.9. The molecule has 3 heteroatoms. The van der Waals surface area contributed by atoms with Crippen LogP contribution in [0.1, 0.15) is 33.1 Å². The molecule has 0 bridgehead atoms. The Labute approximate surface area is 91.5 Å². The predicted molar refractivity (Wildman–Crippen MR) is 58.7 cm³/mol. The lowest BCUT2D eigenvalue weighted by atomic mass is 10.0. The highest BCUT2D eigenvalue weighted by molar-refractivity contribution is 5.73. The SMILES string of the molecule is CC(C)C(C(=O)O)N1CC2CCCC2C1. The summed E-state index contributed by atoms with van der Waals surface area (Å²) in [5.41, 5.74) is 0. The van der Waals surface area contributed by atoms with Crippen molar-refractivity contribution in [1.29, 1.82) is 0 Å². The molecule has 0 aromatic rings. The standard InChI is InChI=1S/C12H21NO2/c1-8(2)11(12(14)15)13-6-9-4-3-5-10(9)7-13/h8-11H,3-7H2,1-2H3,(H,14,15). The van der Waals surface area contributed by atoms with Crippen LogP contribution in [-0.4, -0.2) is 35.1 Å². The largest absolute Gasteiger partial charge is 0.480 e. The van der Waals surface area contributed by atoms with Crippen LogP contribution in [-0.2, 0) is 4.79 Å². The van der Waals surface area contributed by atoms with Gasteiger partial charge in [-0.25, -0.2) is 0 Å². The summed E-state index contributed by atoms with van der Waals surface area (Å²) < 4.78 is 0. The Kier molecular flexibility index (Phi) is 3.01. The molecular weight excluding hydrogens is 190 g/mol. The van der Waals surface area contributed by atoms with Gasteiger partial charge in [0.2, 0.25) is 0 Å². The molecule has 2 rings (SSSR count). The molecule has 0 radical (unpaired) electrons. The van der Waals surface area contributed by atoms with Gasteiger partial charge in [-0.15, -0.1) is 0 Å². The van der Waals surface area contributed by atoms with E-state index in [1.54, 1.807) is 0 Å². The van der Waals surface area contributed by atoms with E-state index < -0.39 is 5.97 Å². The number of carbonyl (C=O) groups is 1. The number of carboxylic acids is 1. The fourth-order valence-electron chi connectivity index (χ4n) is 3.36. The van der Waals surface area contributed by atoms with Crippen LogP contribution < -0.4 is 0 Å². The normalized spacial score (nSPS) is 33.3. The van der Waals surface area contributed by atoms with Gasteiger partial charge >= 0.3 is 5.97 Å². The molecule has 3 unspecified atom stereocenters. The highest BCUT2D eigenvalue weighted by Gasteiger charge is 2.41. The van der Waals surface area contributed by atoms with E-state index in [-0.39, 0.29) is 12.0 Å². The molecular formula is C12H21NO2. The van der Waals surface area contributed by atoms with E-state index in [9.17, 15) is 9.90 Å². The fraction of sp³-hybridized carbons (Fsp3) is 0.917. The first-order valence-corrected chi connectivity index (χ1v) is 6.06. The van der Waals surface area contributed by atoms with Gasteiger partial charge in [-0.3, -0.25) is 9.69 Å². The fourth-order valence-corrected chi connectivity index (χ4v) is 3.36. The molecule has 1 saturated heterocycles. The minimum Gasteiger partial charge on any atom is -0.480 e. The second-order valence-electron chi connectivity index (χ2n) is 5.43. The maximum absolute atomic E-state index is 11.2. The van der Waals surface area contributed by atoms with E-state index in [1.165, 1.54) is 19.3 Å². The van der Waals surface area contributed by atoms with Gasteiger partial charge in [-0.1, -0.05) is 20.3 Å². The molecule has 0 aromatic heterocycles. The van der Waals surface area contributed by atoms with E-state index in [4.69, 9.17) is 0 Å². The van der Waals surface area contributed by atoms with Crippen LogP contribution in [0.4, 0.5) is 0 Å². The van der Waals surface area contributed by atoms with Crippen molar-refractivity contribution in [3.63, 3.8) is 0 Å². The Morgan fingerprint density at radius 1 is 1.27 bits per heavy atom. The molecule has 2 aliphatic rings. The van der Waals surface area contributed by atoms with Crippen molar-refractivity contribution >= 4 is 5.97 Å². The van der Waals surface area contributed by atoms with Gasteiger partial charge in [0.25, 0.3) is 0 Å². The zero-order chi connectivity index (χ0) is 11.0. The van der Waals surface area contributed by atoms with Crippen LogP contribution in [0.2, 0.25) is 0 Å². The molecule has 3 nitrogen and oxygen atoms in total. The van der Waals surface area contributed by atoms with E-state index >= 15 is 0 Å². The Hall–Kier alpha value is -0.570. The lowest BCUT2D eigenvalue weighted by Gasteiger charge is -2.27. The molecule has 86 valence electrons. The van der Waals surface area contributed by atoms with E-state index in [0.717, 1.165) is 24.9 Å². The molecule has 2 fully saturated rings.